The molecule has 0 aliphatic rings. The molecule has 0 saturated carbocycles. The molecule has 0 aromatic heterocycles. The zero-order valence-electron chi connectivity index (χ0n) is 13.4. The summed E-state index contributed by atoms with van der Waals surface area (Å²) >= 11 is 0. The topological polar surface area (TPSA) is 56.7 Å². The lowest BCUT2D eigenvalue weighted by atomic mass is 9.94. The predicted octanol–water partition coefficient (Wildman–Crippen LogP) is 2.38. The Morgan fingerprint density at radius 1 is 1.21 bits per heavy atom. The van der Waals surface area contributed by atoms with Gasteiger partial charge in [0.05, 0.1) is 0 Å². The fourth-order valence-corrected chi connectivity index (χ4v) is 2.01. The maximum absolute atomic E-state index is 9.12. The molecule has 4 nitrogen and oxygen atoms in total. The van der Waals surface area contributed by atoms with Gasteiger partial charge in [-0.15, -0.1) is 0 Å². The minimum absolute atomic E-state index is 0.252. The Bertz CT molecular complexity index is 242. The summed E-state index contributed by atoms with van der Waals surface area (Å²) in [6.07, 6.45) is 3.04. The molecule has 0 aliphatic heterocycles. The van der Waals surface area contributed by atoms with Gasteiger partial charge in [-0.25, -0.2) is 0 Å². The number of hydrogen-bond acceptors (Lipinski definition) is 2. The molecule has 0 aromatic rings. The Morgan fingerprint density at radius 2 is 1.89 bits per heavy atom. The molecular weight excluding hydrogens is 238 g/mol. The van der Waals surface area contributed by atoms with E-state index in [2.05, 4.69) is 50.2 Å². The number of aliphatic hydroxyl groups is 1. The van der Waals surface area contributed by atoms with Crippen LogP contribution in [0.5, 0.6) is 0 Å². The summed E-state index contributed by atoms with van der Waals surface area (Å²) in [4.78, 5) is 4.66. The first-order chi connectivity index (χ1) is 9.03. The van der Waals surface area contributed by atoms with Crippen LogP contribution >= 0.6 is 0 Å². The number of nitrogens with zero attached hydrogens (tertiary/aromatic N) is 1. The third-order valence-corrected chi connectivity index (χ3v) is 3.19. The van der Waals surface area contributed by atoms with Gasteiger partial charge in [-0.05, 0) is 44.9 Å². The van der Waals surface area contributed by atoms with E-state index in [9.17, 15) is 0 Å². The summed E-state index contributed by atoms with van der Waals surface area (Å²) in [5.74, 6) is 2.01. The minimum Gasteiger partial charge on any atom is -0.396 e. The number of nitrogens with one attached hydrogen (secondary N) is 2. The van der Waals surface area contributed by atoms with E-state index in [1.807, 2.05) is 0 Å². The summed E-state index contributed by atoms with van der Waals surface area (Å²) in [5, 5.41) is 15.8. The van der Waals surface area contributed by atoms with Crippen molar-refractivity contribution in [2.45, 2.75) is 59.9 Å². The molecule has 0 heterocycles. The number of aliphatic imine (C=N–C) groups is 1. The Hall–Kier alpha value is -0.770. The van der Waals surface area contributed by atoms with E-state index in [0.29, 0.717) is 17.9 Å². The maximum atomic E-state index is 9.12. The first-order valence-corrected chi connectivity index (χ1v) is 7.69. The molecule has 0 rings (SSSR count). The second-order valence-electron chi connectivity index (χ2n) is 5.68. The summed E-state index contributed by atoms with van der Waals surface area (Å²) in [5.41, 5.74) is 0. The van der Waals surface area contributed by atoms with Gasteiger partial charge in [0, 0.05) is 25.7 Å². The van der Waals surface area contributed by atoms with E-state index >= 15 is 0 Å². The summed E-state index contributed by atoms with van der Waals surface area (Å²) in [6, 6.07) is 0.430. The van der Waals surface area contributed by atoms with Crippen LogP contribution in [0, 0.1) is 11.8 Å². The molecule has 0 amide bonds. The molecule has 4 heteroatoms. The van der Waals surface area contributed by atoms with Crippen molar-refractivity contribution in [1.82, 2.24) is 10.6 Å². The van der Waals surface area contributed by atoms with Gasteiger partial charge in [-0.1, -0.05) is 20.8 Å². The average molecular weight is 271 g/mol. The summed E-state index contributed by atoms with van der Waals surface area (Å²) in [7, 11) is 0. The van der Waals surface area contributed by atoms with Crippen molar-refractivity contribution < 1.29 is 5.11 Å². The van der Waals surface area contributed by atoms with Crippen LogP contribution in [-0.4, -0.2) is 36.8 Å². The van der Waals surface area contributed by atoms with Crippen LogP contribution in [0.3, 0.4) is 0 Å². The highest BCUT2D eigenvalue weighted by Gasteiger charge is 2.11. The maximum Gasteiger partial charge on any atom is 0.191 e. The van der Waals surface area contributed by atoms with Gasteiger partial charge in [0.2, 0.25) is 0 Å². The first-order valence-electron chi connectivity index (χ1n) is 7.69. The molecule has 0 radical (unpaired) electrons. The van der Waals surface area contributed by atoms with Crippen molar-refractivity contribution in [3.63, 3.8) is 0 Å². The summed E-state index contributed by atoms with van der Waals surface area (Å²) < 4.78 is 0. The molecule has 2 unspecified atom stereocenters. The highest BCUT2D eigenvalue weighted by molar-refractivity contribution is 5.80. The first kappa shape index (κ1) is 18.2. The summed E-state index contributed by atoms with van der Waals surface area (Å²) in [6.45, 7) is 12.7. The van der Waals surface area contributed by atoms with Crippen LogP contribution in [0.2, 0.25) is 0 Å². The van der Waals surface area contributed by atoms with Crippen LogP contribution < -0.4 is 10.6 Å². The van der Waals surface area contributed by atoms with Crippen molar-refractivity contribution in [2.24, 2.45) is 16.8 Å². The number of aliphatic hydroxyl groups excluding tert-OH is 1. The number of hydrogen-bond donors (Lipinski definition) is 3. The van der Waals surface area contributed by atoms with Crippen LogP contribution in [0.15, 0.2) is 4.99 Å². The van der Waals surface area contributed by atoms with Crippen molar-refractivity contribution in [2.75, 3.05) is 19.7 Å². The largest absolute Gasteiger partial charge is 0.396 e. The molecule has 2 atom stereocenters. The minimum atomic E-state index is 0.252. The molecule has 114 valence electrons. The normalized spacial score (nSPS) is 15.4. The van der Waals surface area contributed by atoms with Gasteiger partial charge in [0.15, 0.2) is 5.96 Å². The highest BCUT2D eigenvalue weighted by atomic mass is 16.3. The van der Waals surface area contributed by atoms with E-state index in [4.69, 9.17) is 5.11 Å². The van der Waals surface area contributed by atoms with Gasteiger partial charge >= 0.3 is 0 Å². The van der Waals surface area contributed by atoms with Crippen molar-refractivity contribution >= 4 is 5.96 Å². The molecule has 0 spiro atoms. The van der Waals surface area contributed by atoms with Gasteiger partial charge < -0.3 is 15.7 Å². The lowest BCUT2D eigenvalue weighted by Crippen LogP contribution is -2.42. The van der Waals surface area contributed by atoms with Crippen LogP contribution in [0.4, 0.5) is 0 Å². The van der Waals surface area contributed by atoms with Crippen LogP contribution in [0.25, 0.3) is 0 Å². The molecule has 3 N–H and O–H groups in total. The Labute approximate surface area is 119 Å². The van der Waals surface area contributed by atoms with Crippen molar-refractivity contribution in [3.8, 4) is 0 Å². The van der Waals surface area contributed by atoms with Gasteiger partial charge in [0.25, 0.3) is 0 Å². The lowest BCUT2D eigenvalue weighted by molar-refractivity contribution is 0.245. The Kier molecular flexibility index (Phi) is 10.6. The smallest absolute Gasteiger partial charge is 0.191 e. The molecule has 0 aliphatic carbocycles. The van der Waals surface area contributed by atoms with Crippen molar-refractivity contribution in [3.05, 3.63) is 0 Å². The van der Waals surface area contributed by atoms with Gasteiger partial charge in [-0.2, -0.15) is 0 Å². The lowest BCUT2D eigenvalue weighted by Gasteiger charge is -2.19. The third kappa shape index (κ3) is 9.77. The van der Waals surface area contributed by atoms with E-state index < -0.39 is 0 Å². The third-order valence-electron chi connectivity index (χ3n) is 3.19. The van der Waals surface area contributed by atoms with E-state index in [-0.39, 0.29) is 6.61 Å². The van der Waals surface area contributed by atoms with Crippen LogP contribution in [-0.2, 0) is 0 Å². The second kappa shape index (κ2) is 11.1. The predicted molar refractivity (Wildman–Crippen MR) is 83.5 cm³/mol. The Balaban J connectivity index is 4.44. The zero-order chi connectivity index (χ0) is 14.7. The molecule has 0 bridgehead atoms. The number of guanidine groups is 1. The molecule has 0 fully saturated rings. The highest BCUT2D eigenvalue weighted by Crippen LogP contribution is 2.15. The second-order valence-corrected chi connectivity index (χ2v) is 5.68. The van der Waals surface area contributed by atoms with E-state index in [1.165, 1.54) is 0 Å². The SMILES string of the molecule is CCNC(=NCC(CCO)CC(C)C)NC(C)CC. The molecular formula is C15H33N3O. The van der Waals surface area contributed by atoms with Crippen molar-refractivity contribution in [1.29, 1.82) is 0 Å². The number of rotatable bonds is 9. The zero-order valence-corrected chi connectivity index (χ0v) is 13.4. The molecule has 0 saturated heterocycles. The average Bonchev–Trinajstić information content (AvgIpc) is 2.35. The van der Waals surface area contributed by atoms with Gasteiger partial charge in [-0.3, -0.25) is 4.99 Å². The Morgan fingerprint density at radius 3 is 2.37 bits per heavy atom. The quantitative estimate of drug-likeness (QED) is 0.446. The molecule has 0 aromatic carbocycles. The fourth-order valence-electron chi connectivity index (χ4n) is 2.01. The molecule has 19 heavy (non-hydrogen) atoms. The van der Waals surface area contributed by atoms with Crippen LogP contribution in [0.1, 0.15) is 53.9 Å². The fraction of sp³-hybridized carbons (Fsp3) is 0.933. The monoisotopic (exact) mass is 271 g/mol. The van der Waals surface area contributed by atoms with E-state index in [1.54, 1.807) is 0 Å². The standard InChI is InChI=1S/C15H33N3O/c1-6-13(5)18-15(16-7-2)17-11-14(8-9-19)10-12(3)4/h12-14,19H,6-11H2,1-5H3,(H2,16,17,18). The van der Waals surface area contributed by atoms with Gasteiger partial charge in [0.1, 0.15) is 0 Å². The van der Waals surface area contributed by atoms with E-state index in [0.717, 1.165) is 38.3 Å².